The number of halogens is 6. The molecule has 0 saturated carbocycles. The second-order valence-electron chi connectivity index (χ2n) is 8.68. The summed E-state index contributed by atoms with van der Waals surface area (Å²) in [5.74, 6) is 0. The minimum absolute atomic E-state index is 0.201. The van der Waals surface area contributed by atoms with Gasteiger partial charge in [-0.3, -0.25) is 0 Å². The van der Waals surface area contributed by atoms with Crippen LogP contribution >= 0.6 is 66.5 Å². The zero-order valence-electron chi connectivity index (χ0n) is 17.1. The van der Waals surface area contributed by atoms with Gasteiger partial charge in [-0.2, -0.15) is 0 Å². The quantitative estimate of drug-likeness (QED) is 0.184. The summed E-state index contributed by atoms with van der Waals surface area (Å²) >= 11 is 39.6. The van der Waals surface area contributed by atoms with E-state index in [0.29, 0.717) is 0 Å². The predicted octanol–water partition coefficient (Wildman–Crippen LogP) is 9.47. The van der Waals surface area contributed by atoms with Crippen LogP contribution in [0.25, 0.3) is 0 Å². The van der Waals surface area contributed by atoms with Crippen molar-refractivity contribution >= 4 is 94.6 Å². The molecule has 0 heterocycles. The Morgan fingerprint density at radius 3 is 1.22 bits per heavy atom. The predicted molar refractivity (Wildman–Crippen MR) is 140 cm³/mol. The fourth-order valence-electron chi connectivity index (χ4n) is 4.55. The zero-order valence-corrected chi connectivity index (χ0v) is 25.6. The molecule has 0 fully saturated rings. The Balaban J connectivity index is 3.37. The highest BCUT2D eigenvalue weighted by Crippen LogP contribution is 2.53. The molecule has 0 aliphatic heterocycles. The average Bonchev–Trinajstić information content (AvgIpc) is 2.98. The molecule has 1 aliphatic carbocycles. The van der Waals surface area contributed by atoms with Gasteiger partial charge in [0.15, 0.2) is 0 Å². The lowest BCUT2D eigenvalue weighted by molar-refractivity contribution is 0.825. The molecule has 0 aromatic rings. The van der Waals surface area contributed by atoms with E-state index in [4.69, 9.17) is 66.5 Å². The van der Waals surface area contributed by atoms with Gasteiger partial charge in [-0.25, -0.2) is 0 Å². The molecule has 0 saturated heterocycles. The van der Waals surface area contributed by atoms with Crippen molar-refractivity contribution in [2.24, 2.45) is 0 Å². The summed E-state index contributed by atoms with van der Waals surface area (Å²) in [6.07, 6.45) is 9.75. The van der Waals surface area contributed by atoms with Crippen molar-refractivity contribution in [1.29, 1.82) is 0 Å². The van der Waals surface area contributed by atoms with E-state index < -0.39 is 28.2 Å². The largest absolute Gasteiger partial charge is 0.342 e. The summed E-state index contributed by atoms with van der Waals surface area (Å²) in [5.41, 5.74) is 0. The number of allylic oxidation sites excluding steroid dienone is 4. The van der Waals surface area contributed by atoms with Crippen LogP contribution < -0.4 is 0 Å². The molecular weight excluding hydrogens is 529 g/mol. The molecule has 1 aliphatic rings. The van der Waals surface area contributed by atoms with E-state index in [9.17, 15) is 0 Å². The van der Waals surface area contributed by atoms with Crippen LogP contribution in [0.1, 0.15) is 46.0 Å². The Morgan fingerprint density at radius 1 is 0.704 bits per heavy atom. The van der Waals surface area contributed by atoms with Crippen LogP contribution in [0.4, 0.5) is 0 Å². The second kappa shape index (κ2) is 10.1. The maximum atomic E-state index is 6.60. The van der Waals surface area contributed by atoms with Gasteiger partial charge in [0.05, 0.1) is 16.1 Å². The third-order valence-electron chi connectivity index (χ3n) is 6.01. The van der Waals surface area contributed by atoms with Gasteiger partial charge >= 0.3 is 12.0 Å². The lowest BCUT2D eigenvalue weighted by Gasteiger charge is -2.44. The topological polar surface area (TPSA) is 0 Å². The fourth-order valence-corrected chi connectivity index (χ4v) is 37.5. The molecule has 0 N–H and O–H groups in total. The average molecular weight is 562 g/mol. The molecule has 0 bridgehead atoms. The van der Waals surface area contributed by atoms with Crippen LogP contribution in [0.15, 0.2) is 22.5 Å². The fraction of sp³-hybridized carbons (Fsp3) is 0.765. The molecule has 1 rings (SSSR count). The molecule has 0 radical (unpaired) electrons. The van der Waals surface area contributed by atoms with Gasteiger partial charge in [-0.1, -0.05) is 88.3 Å². The molecule has 2 atom stereocenters. The van der Waals surface area contributed by atoms with Crippen molar-refractivity contribution in [2.45, 2.75) is 82.5 Å². The van der Waals surface area contributed by atoms with Gasteiger partial charge in [0.25, 0.3) is 0 Å². The van der Waals surface area contributed by atoms with Gasteiger partial charge in [0, 0.05) is 0 Å². The van der Waals surface area contributed by atoms with Crippen molar-refractivity contribution < 1.29 is 0 Å². The van der Waals surface area contributed by atoms with Gasteiger partial charge in [-0.05, 0) is 16.7 Å². The van der Waals surface area contributed by atoms with Gasteiger partial charge in [0.2, 0.25) is 0 Å². The Labute approximate surface area is 198 Å². The van der Waals surface area contributed by atoms with Crippen molar-refractivity contribution in [1.82, 2.24) is 0 Å². The van der Waals surface area contributed by atoms with E-state index >= 15 is 0 Å². The first kappa shape index (κ1) is 27.1. The van der Waals surface area contributed by atoms with E-state index in [0.717, 1.165) is 32.1 Å². The van der Waals surface area contributed by atoms with Crippen molar-refractivity contribution in [3.8, 4) is 0 Å². The molecule has 0 spiro atoms. The maximum Gasteiger partial charge on any atom is 0.342 e. The van der Waals surface area contributed by atoms with Gasteiger partial charge < -0.3 is 0 Å². The monoisotopic (exact) mass is 558 g/mol. The maximum absolute atomic E-state index is 6.60. The summed E-state index contributed by atoms with van der Waals surface area (Å²) in [7, 11) is -3.95. The van der Waals surface area contributed by atoms with E-state index in [1.807, 2.05) is 0 Å². The highest BCUT2D eigenvalue weighted by Gasteiger charge is 2.54. The molecule has 0 nitrogen and oxygen atoms in total. The third-order valence-corrected chi connectivity index (χ3v) is 31.2. The molecular formula is C17H32Cl6Si4. The normalized spacial score (nSPS) is 19.0. The number of hydrogen-bond acceptors (Lipinski definition) is 0. The van der Waals surface area contributed by atoms with E-state index in [-0.39, 0.29) is 10.3 Å². The standard InChI is InChI=1S/C17H32Cl6Si4/c1-7-10-16(26(18,19)20)24(3,4)14-12-9-13-15(14)25(5,6)17(11-8-2)27(21,22)23/h12-13,16-17H,7-11H2,1-6H3. The van der Waals surface area contributed by atoms with Crippen LogP contribution in [0, 0.1) is 0 Å². The zero-order chi connectivity index (χ0) is 21.3. The molecule has 27 heavy (non-hydrogen) atoms. The van der Waals surface area contributed by atoms with Crippen LogP contribution in [-0.4, -0.2) is 28.2 Å². The first-order valence-corrected chi connectivity index (χ1v) is 26.0. The summed E-state index contributed by atoms with van der Waals surface area (Å²) in [5, 5.41) is 3.35. The van der Waals surface area contributed by atoms with E-state index in [1.165, 1.54) is 10.4 Å². The smallest absolute Gasteiger partial charge is 0.126 e. The van der Waals surface area contributed by atoms with Crippen molar-refractivity contribution in [3.63, 3.8) is 0 Å². The minimum atomic E-state index is -2.82. The van der Waals surface area contributed by atoms with Crippen LogP contribution in [-0.2, 0) is 0 Å². The molecule has 2 unspecified atom stereocenters. The first-order valence-electron chi connectivity index (χ1n) is 9.66. The Morgan fingerprint density at radius 2 is 1.00 bits per heavy atom. The summed E-state index contributed by atoms with van der Waals surface area (Å²) in [6, 6.07) is -5.64. The third kappa shape index (κ3) is 6.53. The lowest BCUT2D eigenvalue weighted by Crippen LogP contribution is -2.50. The molecule has 0 aromatic carbocycles. The number of hydrogen-bond donors (Lipinski definition) is 0. The van der Waals surface area contributed by atoms with E-state index in [2.05, 4.69) is 52.2 Å². The first-order chi connectivity index (χ1) is 12.1. The van der Waals surface area contributed by atoms with Gasteiger partial charge in [0.1, 0.15) is 0 Å². The van der Waals surface area contributed by atoms with Crippen molar-refractivity contribution in [3.05, 3.63) is 22.5 Å². The lowest BCUT2D eigenvalue weighted by atomic mass is 10.4. The second-order valence-corrected chi connectivity index (χ2v) is 37.0. The molecule has 0 aromatic heterocycles. The summed E-state index contributed by atoms with van der Waals surface area (Å²) in [4.78, 5) is 0. The Kier molecular flexibility index (Phi) is 10.2. The van der Waals surface area contributed by atoms with Crippen LogP contribution in [0.5, 0.6) is 0 Å². The summed E-state index contributed by atoms with van der Waals surface area (Å²) < 4.78 is 0. The molecule has 10 heteroatoms. The molecule has 0 amide bonds. The summed E-state index contributed by atoms with van der Waals surface area (Å²) in [6.45, 7) is 13.8. The highest BCUT2D eigenvalue weighted by molar-refractivity contribution is 7.67. The van der Waals surface area contributed by atoms with Crippen LogP contribution in [0.2, 0.25) is 36.5 Å². The SMILES string of the molecule is CCCC([Si](Cl)(Cl)Cl)[Si](C)(C)C1=CCC=C1[Si](C)(C)C(CCC)[Si](Cl)(Cl)Cl. The Bertz CT molecular complexity index is 525. The molecule has 158 valence electrons. The Hall–Kier alpha value is 2.09. The van der Waals surface area contributed by atoms with Crippen molar-refractivity contribution in [2.75, 3.05) is 0 Å². The number of rotatable bonds is 10. The minimum Gasteiger partial charge on any atom is -0.126 e. The van der Waals surface area contributed by atoms with Crippen LogP contribution in [0.3, 0.4) is 0 Å². The van der Waals surface area contributed by atoms with Gasteiger partial charge in [-0.15, -0.1) is 66.5 Å². The highest BCUT2D eigenvalue weighted by atomic mass is 35.8. The van der Waals surface area contributed by atoms with E-state index in [1.54, 1.807) is 0 Å².